The zero-order valence-corrected chi connectivity index (χ0v) is 18.2. The Balaban J connectivity index is 0.00000312. The molecule has 2 fully saturated rings. The predicted molar refractivity (Wildman–Crippen MR) is 112 cm³/mol. The van der Waals surface area contributed by atoms with Crippen molar-refractivity contribution in [2.45, 2.75) is 51.6 Å². The van der Waals surface area contributed by atoms with E-state index in [2.05, 4.69) is 17.6 Å². The molecule has 0 bridgehead atoms. The lowest BCUT2D eigenvalue weighted by Crippen LogP contribution is -2.41. The van der Waals surface area contributed by atoms with Gasteiger partial charge in [-0.2, -0.15) is 0 Å². The minimum absolute atomic E-state index is 0. The molecule has 2 N–H and O–H groups in total. The number of aliphatic imine (C=N–C) groups is 1. The van der Waals surface area contributed by atoms with Gasteiger partial charge < -0.3 is 24.8 Å². The van der Waals surface area contributed by atoms with E-state index in [0.717, 1.165) is 58.1 Å². The van der Waals surface area contributed by atoms with Crippen molar-refractivity contribution < 1.29 is 14.2 Å². The molecule has 1 saturated carbocycles. The Morgan fingerprint density at radius 3 is 2.68 bits per heavy atom. The van der Waals surface area contributed by atoms with Crippen LogP contribution in [0.5, 0.6) is 0 Å². The van der Waals surface area contributed by atoms with Crippen LogP contribution in [0.25, 0.3) is 0 Å². The fourth-order valence-corrected chi connectivity index (χ4v) is 3.30. The average molecular weight is 469 g/mol. The third kappa shape index (κ3) is 8.41. The zero-order chi connectivity index (χ0) is 17.1. The van der Waals surface area contributed by atoms with Crippen molar-refractivity contribution in [3.05, 3.63) is 0 Å². The highest BCUT2D eigenvalue weighted by atomic mass is 127. The van der Waals surface area contributed by atoms with Gasteiger partial charge in [0.15, 0.2) is 5.96 Å². The smallest absolute Gasteiger partial charge is 0.191 e. The molecule has 6 nitrogen and oxygen atoms in total. The van der Waals surface area contributed by atoms with E-state index in [0.29, 0.717) is 24.7 Å². The largest absolute Gasteiger partial charge is 0.385 e. The van der Waals surface area contributed by atoms with E-state index in [9.17, 15) is 0 Å². The van der Waals surface area contributed by atoms with Gasteiger partial charge in [-0.25, -0.2) is 0 Å². The Bertz CT molecular complexity index is 373. The van der Waals surface area contributed by atoms with Crippen molar-refractivity contribution in [1.29, 1.82) is 0 Å². The summed E-state index contributed by atoms with van der Waals surface area (Å²) in [6.07, 6.45) is 7.55. The molecule has 2 rings (SSSR count). The van der Waals surface area contributed by atoms with Crippen LogP contribution in [0.1, 0.15) is 45.4 Å². The monoisotopic (exact) mass is 469 g/mol. The van der Waals surface area contributed by atoms with Crippen LogP contribution >= 0.6 is 24.0 Å². The average Bonchev–Trinajstić information content (AvgIpc) is 3.06. The Hall–Kier alpha value is -0.120. The van der Waals surface area contributed by atoms with Gasteiger partial charge in [0, 0.05) is 40.0 Å². The van der Waals surface area contributed by atoms with Gasteiger partial charge in [-0.1, -0.05) is 6.42 Å². The van der Waals surface area contributed by atoms with Crippen LogP contribution in [0.15, 0.2) is 4.99 Å². The number of ether oxygens (including phenoxy) is 3. The molecule has 1 aliphatic carbocycles. The number of hydrogen-bond acceptors (Lipinski definition) is 4. The summed E-state index contributed by atoms with van der Waals surface area (Å²) in [4.78, 5) is 4.79. The molecule has 2 aliphatic rings. The van der Waals surface area contributed by atoms with Crippen molar-refractivity contribution in [3.63, 3.8) is 0 Å². The molecule has 1 saturated heterocycles. The van der Waals surface area contributed by atoms with Gasteiger partial charge in [-0.05, 0) is 44.4 Å². The summed E-state index contributed by atoms with van der Waals surface area (Å²) in [6.45, 7) is 7.70. The van der Waals surface area contributed by atoms with E-state index >= 15 is 0 Å². The highest BCUT2D eigenvalue weighted by Gasteiger charge is 2.36. The molecule has 0 aromatic heterocycles. The fourth-order valence-electron chi connectivity index (χ4n) is 3.30. The van der Waals surface area contributed by atoms with Gasteiger partial charge in [0.2, 0.25) is 0 Å². The van der Waals surface area contributed by atoms with E-state index < -0.39 is 0 Å². The Kier molecular flexibility index (Phi) is 12.0. The molecular formula is C18H36IN3O3. The van der Waals surface area contributed by atoms with Crippen molar-refractivity contribution in [2.24, 2.45) is 10.4 Å². The van der Waals surface area contributed by atoms with Gasteiger partial charge >= 0.3 is 0 Å². The molecular weight excluding hydrogens is 433 g/mol. The van der Waals surface area contributed by atoms with Gasteiger partial charge in [-0.15, -0.1) is 24.0 Å². The molecule has 0 radical (unpaired) electrons. The van der Waals surface area contributed by atoms with Crippen molar-refractivity contribution in [3.8, 4) is 0 Å². The lowest BCUT2D eigenvalue weighted by Gasteiger charge is -2.40. The molecule has 7 heteroatoms. The van der Waals surface area contributed by atoms with Gasteiger partial charge in [-0.3, -0.25) is 4.99 Å². The van der Waals surface area contributed by atoms with Gasteiger partial charge in [0.1, 0.15) is 0 Å². The quantitative estimate of drug-likeness (QED) is 0.211. The Labute approximate surface area is 169 Å². The molecule has 1 aliphatic heterocycles. The van der Waals surface area contributed by atoms with Crippen LogP contribution < -0.4 is 10.6 Å². The van der Waals surface area contributed by atoms with Crippen molar-refractivity contribution >= 4 is 29.9 Å². The second kappa shape index (κ2) is 13.1. The van der Waals surface area contributed by atoms with Crippen LogP contribution in [-0.2, 0) is 14.2 Å². The third-order valence-corrected chi connectivity index (χ3v) is 5.03. The molecule has 1 unspecified atom stereocenters. The first-order valence-corrected chi connectivity index (χ1v) is 9.48. The number of halogens is 1. The normalized spacial score (nSPS) is 22.2. The standard InChI is InChI=1S/C18H35N3O3.HI/c1-3-19-17(20-10-13-23-14-16-6-4-11-24-16)21-15-18(7-5-8-18)9-12-22-2;/h16H,3-15H2,1-2H3,(H2,19,20,21);1H. The van der Waals surface area contributed by atoms with Gasteiger partial charge in [0.25, 0.3) is 0 Å². The van der Waals surface area contributed by atoms with E-state index in [-0.39, 0.29) is 24.0 Å². The fraction of sp³-hybridized carbons (Fsp3) is 0.944. The number of hydrogen-bond donors (Lipinski definition) is 2. The summed E-state index contributed by atoms with van der Waals surface area (Å²) in [5.41, 5.74) is 0.356. The van der Waals surface area contributed by atoms with Crippen LogP contribution in [-0.4, -0.2) is 65.2 Å². The molecule has 0 aromatic carbocycles. The van der Waals surface area contributed by atoms with E-state index in [1.165, 1.54) is 19.3 Å². The maximum atomic E-state index is 5.69. The van der Waals surface area contributed by atoms with Gasteiger partial charge in [0.05, 0.1) is 19.3 Å². The lowest BCUT2D eigenvalue weighted by atomic mass is 9.67. The summed E-state index contributed by atoms with van der Waals surface area (Å²) in [5.74, 6) is 0.891. The van der Waals surface area contributed by atoms with E-state index in [1.54, 1.807) is 7.11 Å². The van der Waals surface area contributed by atoms with Crippen LogP contribution in [0, 0.1) is 5.41 Å². The topological polar surface area (TPSA) is 64.1 Å². The summed E-state index contributed by atoms with van der Waals surface area (Å²) < 4.78 is 16.5. The van der Waals surface area contributed by atoms with Crippen LogP contribution in [0.2, 0.25) is 0 Å². The Morgan fingerprint density at radius 1 is 1.24 bits per heavy atom. The molecule has 1 heterocycles. The second-order valence-corrected chi connectivity index (χ2v) is 6.93. The predicted octanol–water partition coefficient (Wildman–Crippen LogP) is 2.56. The number of rotatable bonds is 11. The minimum atomic E-state index is 0. The number of nitrogens with zero attached hydrogens (tertiary/aromatic N) is 1. The molecule has 1 atom stereocenters. The molecule has 25 heavy (non-hydrogen) atoms. The summed E-state index contributed by atoms with van der Waals surface area (Å²) in [5, 5.41) is 6.68. The van der Waals surface area contributed by atoms with E-state index in [1.807, 2.05) is 0 Å². The first-order valence-electron chi connectivity index (χ1n) is 9.48. The summed E-state index contributed by atoms with van der Waals surface area (Å²) in [6, 6.07) is 0. The second-order valence-electron chi connectivity index (χ2n) is 6.93. The number of nitrogens with one attached hydrogen (secondary N) is 2. The molecule has 0 aromatic rings. The lowest BCUT2D eigenvalue weighted by molar-refractivity contribution is 0.0191. The molecule has 0 spiro atoms. The van der Waals surface area contributed by atoms with Crippen molar-refractivity contribution in [1.82, 2.24) is 10.6 Å². The first kappa shape index (κ1) is 22.9. The maximum Gasteiger partial charge on any atom is 0.191 e. The molecule has 0 amide bonds. The summed E-state index contributed by atoms with van der Waals surface area (Å²) in [7, 11) is 1.78. The number of methoxy groups -OCH3 is 1. The van der Waals surface area contributed by atoms with Crippen LogP contribution in [0.4, 0.5) is 0 Å². The summed E-state index contributed by atoms with van der Waals surface area (Å²) >= 11 is 0. The molecule has 148 valence electrons. The highest BCUT2D eigenvalue weighted by molar-refractivity contribution is 14.0. The highest BCUT2D eigenvalue weighted by Crippen LogP contribution is 2.44. The SMILES string of the molecule is CCNC(=NCC1(CCOC)CCC1)NCCOCC1CCCO1.I. The van der Waals surface area contributed by atoms with Crippen molar-refractivity contribution in [2.75, 3.05) is 53.2 Å². The Morgan fingerprint density at radius 2 is 2.08 bits per heavy atom. The zero-order valence-electron chi connectivity index (χ0n) is 15.8. The maximum absolute atomic E-state index is 5.69. The first-order chi connectivity index (χ1) is 11.8. The third-order valence-electron chi connectivity index (χ3n) is 5.03. The van der Waals surface area contributed by atoms with Crippen LogP contribution in [0.3, 0.4) is 0 Å². The minimum Gasteiger partial charge on any atom is -0.385 e. The number of guanidine groups is 1. The van der Waals surface area contributed by atoms with E-state index in [4.69, 9.17) is 19.2 Å².